The van der Waals surface area contributed by atoms with E-state index in [-0.39, 0.29) is 17.9 Å². The standard InChI is InChI=1S/C16H19N3O2/c1-12(10-11-17)19(3)16(21)9-6-14-4-7-15(8-5-14)18-13(2)20/h4-9,12H,10H2,1-3H3,(H,18,20)/b9-6+/t12-/m0/s1. The number of hydrogen-bond acceptors (Lipinski definition) is 3. The highest BCUT2D eigenvalue weighted by Crippen LogP contribution is 2.11. The summed E-state index contributed by atoms with van der Waals surface area (Å²) < 4.78 is 0. The van der Waals surface area contributed by atoms with Crippen LogP contribution >= 0.6 is 0 Å². The maximum atomic E-state index is 11.9. The molecule has 21 heavy (non-hydrogen) atoms. The molecule has 5 nitrogen and oxygen atoms in total. The summed E-state index contributed by atoms with van der Waals surface area (Å²) in [6, 6.07) is 9.10. The number of rotatable bonds is 5. The molecule has 1 N–H and O–H groups in total. The average Bonchev–Trinajstić information content (AvgIpc) is 2.45. The predicted octanol–water partition coefficient (Wildman–Crippen LogP) is 2.42. The van der Waals surface area contributed by atoms with E-state index in [1.807, 2.05) is 25.1 Å². The van der Waals surface area contributed by atoms with Gasteiger partial charge in [-0.15, -0.1) is 0 Å². The van der Waals surface area contributed by atoms with Crippen LogP contribution in [0.1, 0.15) is 25.8 Å². The first kappa shape index (κ1) is 16.4. The van der Waals surface area contributed by atoms with Gasteiger partial charge in [0.1, 0.15) is 0 Å². The third kappa shape index (κ3) is 5.49. The molecule has 1 aromatic carbocycles. The molecule has 5 heteroatoms. The van der Waals surface area contributed by atoms with E-state index in [2.05, 4.69) is 5.32 Å². The first-order valence-corrected chi connectivity index (χ1v) is 6.63. The molecule has 0 aliphatic carbocycles. The van der Waals surface area contributed by atoms with E-state index in [0.717, 1.165) is 5.56 Å². The second-order valence-electron chi connectivity index (χ2n) is 4.80. The molecule has 0 radical (unpaired) electrons. The second-order valence-corrected chi connectivity index (χ2v) is 4.80. The van der Waals surface area contributed by atoms with Gasteiger partial charge in [-0.1, -0.05) is 12.1 Å². The molecule has 0 spiro atoms. The molecule has 1 rings (SSSR count). The molecule has 2 amide bonds. The molecule has 0 fully saturated rings. The fourth-order valence-electron chi connectivity index (χ4n) is 1.65. The van der Waals surface area contributed by atoms with Crippen molar-refractivity contribution in [1.29, 1.82) is 5.26 Å². The minimum Gasteiger partial charge on any atom is -0.338 e. The number of carbonyl (C=O) groups excluding carboxylic acids is 2. The third-order valence-electron chi connectivity index (χ3n) is 3.04. The van der Waals surface area contributed by atoms with Crippen molar-refractivity contribution in [3.05, 3.63) is 35.9 Å². The van der Waals surface area contributed by atoms with Gasteiger partial charge in [0.05, 0.1) is 12.5 Å². The van der Waals surface area contributed by atoms with Gasteiger partial charge in [0.2, 0.25) is 11.8 Å². The summed E-state index contributed by atoms with van der Waals surface area (Å²) in [5.41, 5.74) is 1.57. The van der Waals surface area contributed by atoms with Crippen LogP contribution in [-0.4, -0.2) is 29.8 Å². The summed E-state index contributed by atoms with van der Waals surface area (Å²) in [4.78, 5) is 24.4. The Kier molecular flexibility index (Phi) is 6.15. The Morgan fingerprint density at radius 1 is 1.38 bits per heavy atom. The van der Waals surface area contributed by atoms with Crippen molar-refractivity contribution < 1.29 is 9.59 Å². The highest BCUT2D eigenvalue weighted by molar-refractivity contribution is 5.92. The molecule has 0 heterocycles. The fraction of sp³-hybridized carbons (Fsp3) is 0.312. The summed E-state index contributed by atoms with van der Waals surface area (Å²) in [7, 11) is 1.68. The maximum absolute atomic E-state index is 11.9. The van der Waals surface area contributed by atoms with Crippen LogP contribution in [0.5, 0.6) is 0 Å². The molecule has 0 aromatic heterocycles. The minimum absolute atomic E-state index is 0.116. The molecule has 0 saturated carbocycles. The van der Waals surface area contributed by atoms with Gasteiger partial charge in [0.15, 0.2) is 0 Å². The minimum atomic E-state index is -0.149. The van der Waals surface area contributed by atoms with Crippen molar-refractivity contribution in [2.24, 2.45) is 0 Å². The zero-order valence-corrected chi connectivity index (χ0v) is 12.5. The van der Waals surface area contributed by atoms with Crippen LogP contribution in [0.15, 0.2) is 30.3 Å². The van der Waals surface area contributed by atoms with Crippen molar-refractivity contribution >= 4 is 23.6 Å². The van der Waals surface area contributed by atoms with Gasteiger partial charge in [-0.3, -0.25) is 9.59 Å². The number of carbonyl (C=O) groups is 2. The zero-order valence-electron chi connectivity index (χ0n) is 12.5. The van der Waals surface area contributed by atoms with Gasteiger partial charge in [-0.2, -0.15) is 5.26 Å². The molecule has 0 aliphatic heterocycles. The molecular formula is C16H19N3O2. The van der Waals surface area contributed by atoms with E-state index in [9.17, 15) is 9.59 Å². The topological polar surface area (TPSA) is 73.2 Å². The molecule has 0 aliphatic rings. The Labute approximate surface area is 124 Å². The van der Waals surface area contributed by atoms with E-state index in [1.165, 1.54) is 17.9 Å². The van der Waals surface area contributed by atoms with Crippen molar-refractivity contribution in [2.75, 3.05) is 12.4 Å². The molecule has 1 aromatic rings. The number of nitrogens with one attached hydrogen (secondary N) is 1. The van der Waals surface area contributed by atoms with Crippen LogP contribution < -0.4 is 5.32 Å². The Morgan fingerprint density at radius 3 is 2.52 bits per heavy atom. The lowest BCUT2D eigenvalue weighted by molar-refractivity contribution is -0.126. The molecule has 0 bridgehead atoms. The molecule has 0 saturated heterocycles. The number of anilines is 1. The molecule has 110 valence electrons. The van der Waals surface area contributed by atoms with Gasteiger partial charge in [-0.25, -0.2) is 0 Å². The van der Waals surface area contributed by atoms with E-state index in [0.29, 0.717) is 12.1 Å². The van der Waals surface area contributed by atoms with Crippen molar-refractivity contribution in [1.82, 2.24) is 4.90 Å². The number of nitrogens with zero attached hydrogens (tertiary/aromatic N) is 2. The number of nitriles is 1. The summed E-state index contributed by atoms with van der Waals surface area (Å²) >= 11 is 0. The smallest absolute Gasteiger partial charge is 0.246 e. The predicted molar refractivity (Wildman–Crippen MR) is 82.2 cm³/mol. The van der Waals surface area contributed by atoms with Crippen LogP contribution in [-0.2, 0) is 9.59 Å². The molecular weight excluding hydrogens is 266 g/mol. The van der Waals surface area contributed by atoms with E-state index < -0.39 is 0 Å². The normalized spacial score (nSPS) is 11.7. The van der Waals surface area contributed by atoms with Crippen LogP contribution in [0.25, 0.3) is 6.08 Å². The summed E-state index contributed by atoms with van der Waals surface area (Å²) in [5, 5.41) is 11.3. The SMILES string of the molecule is CC(=O)Nc1ccc(/C=C/C(=O)N(C)[C@@H](C)CC#N)cc1. The van der Waals surface area contributed by atoms with E-state index in [1.54, 1.807) is 25.3 Å². The third-order valence-corrected chi connectivity index (χ3v) is 3.04. The molecule has 1 atom stereocenters. The second kappa shape index (κ2) is 7.85. The lowest BCUT2D eigenvalue weighted by Gasteiger charge is -2.21. The lowest BCUT2D eigenvalue weighted by Crippen LogP contribution is -2.33. The quantitative estimate of drug-likeness (QED) is 0.844. The highest BCUT2D eigenvalue weighted by atomic mass is 16.2. The first-order chi connectivity index (χ1) is 9.93. The average molecular weight is 285 g/mol. The Balaban J connectivity index is 2.66. The van der Waals surface area contributed by atoms with E-state index in [4.69, 9.17) is 5.26 Å². The zero-order chi connectivity index (χ0) is 15.8. The van der Waals surface area contributed by atoms with Crippen LogP contribution in [0.2, 0.25) is 0 Å². The van der Waals surface area contributed by atoms with Gasteiger partial charge in [0.25, 0.3) is 0 Å². The summed E-state index contributed by atoms with van der Waals surface area (Å²) in [6.45, 7) is 3.28. The lowest BCUT2D eigenvalue weighted by atomic mass is 10.1. The van der Waals surface area contributed by atoms with Crippen LogP contribution in [0.4, 0.5) is 5.69 Å². The monoisotopic (exact) mass is 285 g/mol. The van der Waals surface area contributed by atoms with Crippen LogP contribution in [0, 0.1) is 11.3 Å². The number of benzene rings is 1. The maximum Gasteiger partial charge on any atom is 0.246 e. The summed E-state index contributed by atoms with van der Waals surface area (Å²) in [6.07, 6.45) is 3.48. The Hall–Kier alpha value is -2.61. The first-order valence-electron chi connectivity index (χ1n) is 6.63. The van der Waals surface area contributed by atoms with Crippen molar-refractivity contribution in [3.8, 4) is 6.07 Å². The number of hydrogen-bond donors (Lipinski definition) is 1. The van der Waals surface area contributed by atoms with Crippen molar-refractivity contribution in [3.63, 3.8) is 0 Å². The largest absolute Gasteiger partial charge is 0.338 e. The number of amides is 2. The molecule has 0 unspecified atom stereocenters. The van der Waals surface area contributed by atoms with Gasteiger partial charge < -0.3 is 10.2 Å². The van der Waals surface area contributed by atoms with Gasteiger partial charge >= 0.3 is 0 Å². The van der Waals surface area contributed by atoms with Gasteiger partial charge in [-0.05, 0) is 30.7 Å². The Bertz CT molecular complexity index is 570. The highest BCUT2D eigenvalue weighted by Gasteiger charge is 2.12. The van der Waals surface area contributed by atoms with Crippen LogP contribution in [0.3, 0.4) is 0 Å². The summed E-state index contributed by atoms with van der Waals surface area (Å²) in [5.74, 6) is -0.273. The fourth-order valence-corrected chi connectivity index (χ4v) is 1.65. The Morgan fingerprint density at radius 2 is 2.00 bits per heavy atom. The van der Waals surface area contributed by atoms with Gasteiger partial charge in [0, 0.05) is 31.8 Å². The van der Waals surface area contributed by atoms with Crippen molar-refractivity contribution in [2.45, 2.75) is 26.3 Å². The van der Waals surface area contributed by atoms with E-state index >= 15 is 0 Å². The number of likely N-dealkylation sites (N-methyl/N-ethyl adjacent to an activating group) is 1.